The Bertz CT molecular complexity index is 1510. The molecule has 0 radical (unpaired) electrons. The minimum Gasteiger partial charge on any atom is -0.442 e. The molecule has 0 saturated heterocycles. The first kappa shape index (κ1) is 29.9. The number of benzene rings is 2. The summed E-state index contributed by atoms with van der Waals surface area (Å²) in [7, 11) is 1.65. The number of aromatic nitrogens is 2. The highest BCUT2D eigenvalue weighted by Crippen LogP contribution is 2.41. The fourth-order valence-electron chi connectivity index (χ4n) is 4.41. The number of imidazole rings is 1. The minimum atomic E-state index is -4.98. The molecule has 8 nitrogen and oxygen atoms in total. The fourth-order valence-corrected chi connectivity index (χ4v) is 4.41. The van der Waals surface area contributed by atoms with E-state index in [1.807, 2.05) is 0 Å². The first-order valence-corrected chi connectivity index (χ1v) is 13.0. The summed E-state index contributed by atoms with van der Waals surface area (Å²) < 4.78 is 65.9. The molecule has 0 aliphatic heterocycles. The number of hydrogen-bond acceptors (Lipinski definition) is 4. The zero-order valence-corrected chi connectivity index (χ0v) is 23.4. The van der Waals surface area contributed by atoms with Gasteiger partial charge in [-0.1, -0.05) is 12.1 Å². The van der Waals surface area contributed by atoms with Crippen molar-refractivity contribution in [1.82, 2.24) is 14.5 Å². The maximum Gasteiger partial charge on any atom is 0.573 e. The molecule has 1 saturated carbocycles. The monoisotopic (exact) mass is 576 g/mol. The first-order valence-electron chi connectivity index (χ1n) is 13.0. The van der Waals surface area contributed by atoms with Gasteiger partial charge in [0.2, 0.25) is 5.62 Å². The Hall–Kier alpha value is -4.09. The predicted octanol–water partition coefficient (Wildman–Crippen LogP) is 5.94. The van der Waals surface area contributed by atoms with Crippen molar-refractivity contribution < 1.29 is 36.6 Å². The molecule has 1 aliphatic carbocycles. The van der Waals surface area contributed by atoms with Crippen molar-refractivity contribution in [1.29, 1.82) is 0 Å². The van der Waals surface area contributed by atoms with Crippen LogP contribution in [0.15, 0.2) is 53.8 Å². The minimum absolute atomic E-state index is 0.0268. The number of nitrogens with zero attached hydrogens (tertiary/aromatic N) is 3. The van der Waals surface area contributed by atoms with Gasteiger partial charge in [0.05, 0.1) is 12.6 Å². The summed E-state index contributed by atoms with van der Waals surface area (Å²) in [5.74, 6) is -1.40. The van der Waals surface area contributed by atoms with Crippen molar-refractivity contribution in [3.05, 3.63) is 82.5 Å². The van der Waals surface area contributed by atoms with Crippen LogP contribution in [-0.2, 0) is 18.3 Å². The lowest BCUT2D eigenvalue weighted by Crippen LogP contribution is -2.30. The largest absolute Gasteiger partial charge is 0.573 e. The van der Waals surface area contributed by atoms with E-state index < -0.39 is 35.8 Å². The number of amides is 2. The maximum atomic E-state index is 13.9. The van der Waals surface area contributed by atoms with E-state index in [1.165, 1.54) is 22.8 Å². The van der Waals surface area contributed by atoms with E-state index in [9.17, 15) is 27.2 Å². The topological polar surface area (TPSA) is 86.9 Å². The van der Waals surface area contributed by atoms with Gasteiger partial charge in [0.15, 0.2) is 0 Å². The number of alkyl halides is 3. The van der Waals surface area contributed by atoms with E-state index in [0.29, 0.717) is 11.1 Å². The van der Waals surface area contributed by atoms with Crippen molar-refractivity contribution in [2.75, 3.05) is 0 Å². The normalized spacial score (nSPS) is 15.0. The Morgan fingerprint density at radius 2 is 1.80 bits per heavy atom. The van der Waals surface area contributed by atoms with E-state index >= 15 is 0 Å². The molecule has 2 aromatic carbocycles. The fraction of sp³-hybridized carbons (Fsp3) is 0.414. The lowest BCUT2D eigenvalue weighted by atomic mass is 9.99. The molecule has 2 amide bonds. The number of nitrogens with one attached hydrogen (secondary N) is 1. The summed E-state index contributed by atoms with van der Waals surface area (Å²) in [6.07, 6.45) is -0.870. The van der Waals surface area contributed by atoms with Crippen LogP contribution in [0.5, 0.6) is 5.75 Å². The van der Waals surface area contributed by atoms with Gasteiger partial charge >= 0.3 is 12.5 Å². The Balaban J connectivity index is 1.66. The summed E-state index contributed by atoms with van der Waals surface area (Å²) in [5, 5.41) is 2.91. The Morgan fingerprint density at radius 3 is 2.41 bits per heavy atom. The molecule has 0 spiro atoms. The van der Waals surface area contributed by atoms with Gasteiger partial charge in [0, 0.05) is 25.0 Å². The summed E-state index contributed by atoms with van der Waals surface area (Å²) in [6, 6.07) is 7.81. The molecule has 41 heavy (non-hydrogen) atoms. The molecule has 1 N–H and O–H groups in total. The molecule has 3 aromatic rings. The smallest absolute Gasteiger partial charge is 0.442 e. The molecule has 1 atom stereocenters. The average Bonchev–Trinajstić information content (AvgIpc) is 3.63. The molecule has 220 valence electrons. The third-order valence-electron chi connectivity index (χ3n) is 6.36. The van der Waals surface area contributed by atoms with Crippen LogP contribution >= 0.6 is 0 Å². The Morgan fingerprint density at radius 1 is 1.10 bits per heavy atom. The Labute approximate surface area is 234 Å². The zero-order chi connectivity index (χ0) is 30.1. The van der Waals surface area contributed by atoms with E-state index in [-0.39, 0.29) is 29.5 Å². The van der Waals surface area contributed by atoms with Gasteiger partial charge in [-0.2, -0.15) is 0 Å². The SMILES string of the molecule is Cc1cc([C@@H](NC(=O)c2cc(Cn3ccn(C)/c3=N\C(=O)OC(C)(C)C)cc(OC(F)(F)F)c2)C2CC2)ccc1F. The number of aryl methyl sites for hydroxylation is 2. The van der Waals surface area contributed by atoms with E-state index in [1.54, 1.807) is 63.8 Å². The number of halogens is 4. The van der Waals surface area contributed by atoms with Crippen LogP contribution < -0.4 is 15.7 Å². The van der Waals surface area contributed by atoms with Crippen molar-refractivity contribution in [2.24, 2.45) is 18.0 Å². The highest BCUT2D eigenvalue weighted by molar-refractivity contribution is 5.95. The molecule has 1 fully saturated rings. The molecular formula is C29H32F4N4O4. The van der Waals surface area contributed by atoms with Gasteiger partial charge in [-0.15, -0.1) is 18.2 Å². The second-order valence-corrected chi connectivity index (χ2v) is 11.1. The summed E-state index contributed by atoms with van der Waals surface area (Å²) >= 11 is 0. The molecule has 0 unspecified atom stereocenters. The highest BCUT2D eigenvalue weighted by atomic mass is 19.4. The van der Waals surface area contributed by atoms with Crippen molar-refractivity contribution in [3.8, 4) is 5.75 Å². The number of carbonyl (C=O) groups is 2. The van der Waals surface area contributed by atoms with Crippen LogP contribution in [0, 0.1) is 18.7 Å². The number of rotatable bonds is 7. The lowest BCUT2D eigenvalue weighted by Gasteiger charge is -2.20. The van der Waals surface area contributed by atoms with Crippen molar-refractivity contribution >= 4 is 12.0 Å². The average molecular weight is 577 g/mol. The van der Waals surface area contributed by atoms with Gasteiger partial charge in [-0.3, -0.25) is 4.79 Å². The molecular weight excluding hydrogens is 544 g/mol. The third-order valence-corrected chi connectivity index (χ3v) is 6.36. The second-order valence-electron chi connectivity index (χ2n) is 11.1. The van der Waals surface area contributed by atoms with Crippen LogP contribution in [0.2, 0.25) is 0 Å². The zero-order valence-electron chi connectivity index (χ0n) is 23.4. The van der Waals surface area contributed by atoms with Crippen LogP contribution in [0.4, 0.5) is 22.4 Å². The highest BCUT2D eigenvalue weighted by Gasteiger charge is 2.35. The van der Waals surface area contributed by atoms with Crippen molar-refractivity contribution in [2.45, 2.75) is 65.1 Å². The molecule has 12 heteroatoms. The van der Waals surface area contributed by atoms with E-state index in [4.69, 9.17) is 4.74 Å². The van der Waals surface area contributed by atoms with Crippen LogP contribution in [-0.4, -0.2) is 33.1 Å². The number of carbonyl (C=O) groups excluding carboxylic acids is 2. The molecule has 4 rings (SSSR count). The molecule has 1 aliphatic rings. The van der Waals surface area contributed by atoms with E-state index in [0.717, 1.165) is 24.5 Å². The quantitative estimate of drug-likeness (QED) is 0.353. The van der Waals surface area contributed by atoms with E-state index in [2.05, 4.69) is 15.0 Å². The van der Waals surface area contributed by atoms with Gasteiger partial charge in [0.1, 0.15) is 17.2 Å². The van der Waals surface area contributed by atoms with Gasteiger partial charge in [0.25, 0.3) is 5.91 Å². The number of ether oxygens (including phenoxy) is 2. The Kier molecular flexibility index (Phi) is 8.32. The third kappa shape index (κ3) is 8.21. The maximum absolute atomic E-state index is 13.9. The van der Waals surface area contributed by atoms with Crippen LogP contribution in [0.3, 0.4) is 0 Å². The summed E-state index contributed by atoms with van der Waals surface area (Å²) in [5.41, 5.74) is 0.816. The lowest BCUT2D eigenvalue weighted by molar-refractivity contribution is -0.274. The summed E-state index contributed by atoms with van der Waals surface area (Å²) in [6.45, 7) is 6.69. The number of hydrogen-bond donors (Lipinski definition) is 1. The van der Waals surface area contributed by atoms with Gasteiger partial charge in [-0.05, 0) is 87.4 Å². The molecule has 0 bridgehead atoms. The van der Waals surface area contributed by atoms with Crippen LogP contribution in [0.25, 0.3) is 0 Å². The van der Waals surface area contributed by atoms with Crippen LogP contribution in [0.1, 0.15) is 66.7 Å². The van der Waals surface area contributed by atoms with Gasteiger partial charge < -0.3 is 23.9 Å². The second kappa shape index (κ2) is 11.4. The molecule has 1 heterocycles. The van der Waals surface area contributed by atoms with Crippen molar-refractivity contribution in [3.63, 3.8) is 0 Å². The summed E-state index contributed by atoms with van der Waals surface area (Å²) in [4.78, 5) is 29.7. The first-order chi connectivity index (χ1) is 19.1. The predicted molar refractivity (Wildman–Crippen MR) is 141 cm³/mol. The standard InChI is InChI=1S/C29H32F4N4O4/c1-17-12-20(8-9-23(17)30)24(19-6-7-19)34-25(38)21-13-18(14-22(15-21)40-29(31,32)33)16-37-11-10-36(5)26(37)35-27(39)41-28(2,3)4/h8-15,19,24H,6-7,16H2,1-5H3,(H,34,38)/b35-26+/t24-/m0/s1. The van der Waals surface area contributed by atoms with Gasteiger partial charge in [-0.25, -0.2) is 9.18 Å². The molecule has 1 aromatic heterocycles.